The first-order valence-electron chi connectivity index (χ1n) is 11.6. The highest BCUT2D eigenvalue weighted by Gasteiger charge is 2.42. The summed E-state index contributed by atoms with van der Waals surface area (Å²) in [5.41, 5.74) is -0.358. The molecule has 2 saturated heterocycles. The molecule has 0 unspecified atom stereocenters. The molecule has 2 aliphatic rings. The van der Waals surface area contributed by atoms with Crippen LogP contribution in [0.5, 0.6) is 0 Å². The van der Waals surface area contributed by atoms with Crippen molar-refractivity contribution in [3.8, 4) is 0 Å². The molecule has 1 spiro atoms. The lowest BCUT2D eigenvalue weighted by Gasteiger charge is -2.42. The second-order valence-corrected chi connectivity index (χ2v) is 10.1. The normalized spacial score (nSPS) is 27.8. The molecular formula is C23H43N3O3. The minimum absolute atomic E-state index is 0.0527. The highest BCUT2D eigenvalue weighted by atomic mass is 16.5. The fourth-order valence-electron chi connectivity index (χ4n) is 4.60. The molecule has 0 aromatic carbocycles. The highest BCUT2D eigenvalue weighted by molar-refractivity contribution is 5.90. The van der Waals surface area contributed by atoms with Crippen LogP contribution < -0.4 is 10.6 Å². The third-order valence-corrected chi connectivity index (χ3v) is 6.20. The van der Waals surface area contributed by atoms with E-state index in [4.69, 9.17) is 4.74 Å². The van der Waals surface area contributed by atoms with Crippen molar-refractivity contribution in [1.29, 1.82) is 0 Å². The van der Waals surface area contributed by atoms with Crippen LogP contribution in [0.2, 0.25) is 0 Å². The molecule has 6 heteroatoms. The standard InChI is InChI=1S/C23H43N3O3/c1-17(2)14-20-21(27)24-19(5)16-29-13-7-6-8-23(22(28)25-20)9-11-26(12-10-23)15-18(3)4/h17-20H,6-16H2,1-5H3,(H,24,27)(H,25,28)/t19-,20+/m1/s1. The van der Waals surface area contributed by atoms with Gasteiger partial charge in [0.1, 0.15) is 6.04 Å². The number of hydrogen-bond donors (Lipinski definition) is 2. The van der Waals surface area contributed by atoms with Gasteiger partial charge in [0.2, 0.25) is 11.8 Å². The monoisotopic (exact) mass is 409 g/mol. The van der Waals surface area contributed by atoms with Crippen LogP contribution in [0.4, 0.5) is 0 Å². The molecule has 2 aliphatic heterocycles. The van der Waals surface area contributed by atoms with Crippen molar-refractivity contribution < 1.29 is 14.3 Å². The van der Waals surface area contributed by atoms with Crippen LogP contribution in [0.1, 0.15) is 73.1 Å². The Balaban J connectivity index is 2.15. The summed E-state index contributed by atoms with van der Waals surface area (Å²) in [5.74, 6) is 0.957. The van der Waals surface area contributed by atoms with Gasteiger partial charge in [-0.25, -0.2) is 0 Å². The Bertz CT molecular complexity index is 527. The van der Waals surface area contributed by atoms with Gasteiger partial charge in [0, 0.05) is 19.2 Å². The summed E-state index contributed by atoms with van der Waals surface area (Å²) in [6.07, 6.45) is 5.23. The van der Waals surface area contributed by atoms with Gasteiger partial charge in [-0.3, -0.25) is 9.59 Å². The zero-order valence-corrected chi connectivity index (χ0v) is 19.3. The van der Waals surface area contributed by atoms with Gasteiger partial charge in [-0.2, -0.15) is 0 Å². The van der Waals surface area contributed by atoms with Gasteiger partial charge in [0.25, 0.3) is 0 Å². The molecule has 0 aromatic rings. The Hall–Kier alpha value is -1.14. The molecule has 0 aliphatic carbocycles. The smallest absolute Gasteiger partial charge is 0.242 e. The molecule has 0 bridgehead atoms. The molecular weight excluding hydrogens is 366 g/mol. The van der Waals surface area contributed by atoms with Gasteiger partial charge < -0.3 is 20.3 Å². The highest BCUT2D eigenvalue weighted by Crippen LogP contribution is 2.37. The van der Waals surface area contributed by atoms with E-state index in [9.17, 15) is 9.59 Å². The molecule has 0 saturated carbocycles. The summed E-state index contributed by atoms with van der Waals surface area (Å²) < 4.78 is 5.76. The number of rotatable bonds is 4. The number of nitrogens with zero attached hydrogens (tertiary/aromatic N) is 1. The molecule has 2 heterocycles. The largest absolute Gasteiger partial charge is 0.379 e. The first-order valence-corrected chi connectivity index (χ1v) is 11.6. The van der Waals surface area contributed by atoms with Crippen LogP contribution in [0.15, 0.2) is 0 Å². The fraction of sp³-hybridized carbons (Fsp3) is 0.913. The molecule has 0 aromatic heterocycles. The second kappa shape index (κ2) is 11.3. The van der Waals surface area contributed by atoms with Crippen molar-refractivity contribution >= 4 is 11.8 Å². The van der Waals surface area contributed by atoms with E-state index in [1.165, 1.54) is 0 Å². The summed E-state index contributed by atoms with van der Waals surface area (Å²) in [6.45, 7) is 14.8. The van der Waals surface area contributed by atoms with Crippen LogP contribution in [-0.2, 0) is 14.3 Å². The fourth-order valence-corrected chi connectivity index (χ4v) is 4.60. The topological polar surface area (TPSA) is 70.7 Å². The van der Waals surface area contributed by atoms with E-state index in [0.717, 1.165) is 51.7 Å². The van der Waals surface area contributed by atoms with Gasteiger partial charge in [-0.05, 0) is 64.0 Å². The minimum Gasteiger partial charge on any atom is -0.379 e. The van der Waals surface area contributed by atoms with Crippen LogP contribution in [0.25, 0.3) is 0 Å². The Morgan fingerprint density at radius 2 is 1.72 bits per heavy atom. The van der Waals surface area contributed by atoms with Crippen LogP contribution in [0, 0.1) is 17.3 Å². The summed E-state index contributed by atoms with van der Waals surface area (Å²) in [7, 11) is 0. The number of amides is 2. The number of carbonyl (C=O) groups is 2. The Labute approximate surface area is 177 Å². The molecule has 29 heavy (non-hydrogen) atoms. The molecule has 2 amide bonds. The van der Waals surface area contributed by atoms with E-state index in [1.807, 2.05) is 6.92 Å². The molecule has 2 atom stereocenters. The summed E-state index contributed by atoms with van der Waals surface area (Å²) in [4.78, 5) is 28.8. The number of carbonyl (C=O) groups excluding carboxylic acids is 2. The maximum absolute atomic E-state index is 13.5. The molecule has 6 nitrogen and oxygen atoms in total. The van der Waals surface area contributed by atoms with Gasteiger partial charge in [-0.15, -0.1) is 0 Å². The SMILES string of the molecule is CC(C)C[C@@H]1NC(=O)C2(CCCCOC[C@@H](C)NC1=O)CCN(CC(C)C)CC2. The molecule has 0 radical (unpaired) electrons. The lowest BCUT2D eigenvalue weighted by atomic mass is 9.73. The maximum atomic E-state index is 13.5. The molecule has 2 rings (SSSR count). The van der Waals surface area contributed by atoms with Gasteiger partial charge in [0.05, 0.1) is 12.0 Å². The number of nitrogens with one attached hydrogen (secondary N) is 2. The van der Waals surface area contributed by atoms with Crippen LogP contribution in [0.3, 0.4) is 0 Å². The number of hydrogen-bond acceptors (Lipinski definition) is 4. The second-order valence-electron chi connectivity index (χ2n) is 10.1. The van der Waals surface area contributed by atoms with Crippen molar-refractivity contribution in [2.45, 2.75) is 85.2 Å². The van der Waals surface area contributed by atoms with E-state index in [-0.39, 0.29) is 23.3 Å². The van der Waals surface area contributed by atoms with E-state index in [2.05, 4.69) is 43.2 Å². The van der Waals surface area contributed by atoms with Crippen molar-refractivity contribution in [2.75, 3.05) is 32.8 Å². The number of ether oxygens (including phenoxy) is 1. The van der Waals surface area contributed by atoms with Crippen molar-refractivity contribution in [3.05, 3.63) is 0 Å². The number of likely N-dealkylation sites (tertiary alicyclic amines) is 1. The summed E-state index contributed by atoms with van der Waals surface area (Å²) >= 11 is 0. The van der Waals surface area contributed by atoms with Gasteiger partial charge in [-0.1, -0.05) is 34.1 Å². The molecule has 168 valence electrons. The zero-order chi connectivity index (χ0) is 21.4. The van der Waals surface area contributed by atoms with Crippen molar-refractivity contribution in [3.63, 3.8) is 0 Å². The van der Waals surface area contributed by atoms with Crippen molar-refractivity contribution in [1.82, 2.24) is 15.5 Å². The Morgan fingerprint density at radius 1 is 1.03 bits per heavy atom. The predicted molar refractivity (Wildman–Crippen MR) is 117 cm³/mol. The molecule has 2 N–H and O–H groups in total. The summed E-state index contributed by atoms with van der Waals surface area (Å²) in [6, 6.07) is -0.528. The van der Waals surface area contributed by atoms with E-state index in [0.29, 0.717) is 31.5 Å². The Morgan fingerprint density at radius 3 is 2.34 bits per heavy atom. The minimum atomic E-state index is -0.476. The third-order valence-electron chi connectivity index (χ3n) is 6.20. The maximum Gasteiger partial charge on any atom is 0.242 e. The van der Waals surface area contributed by atoms with Gasteiger partial charge >= 0.3 is 0 Å². The quantitative estimate of drug-likeness (QED) is 0.749. The lowest BCUT2D eigenvalue weighted by Crippen LogP contribution is -2.56. The van der Waals surface area contributed by atoms with Crippen LogP contribution >= 0.6 is 0 Å². The Kier molecular flexibility index (Phi) is 9.41. The zero-order valence-electron chi connectivity index (χ0n) is 19.3. The van der Waals surface area contributed by atoms with Gasteiger partial charge in [0.15, 0.2) is 0 Å². The average molecular weight is 410 g/mol. The average Bonchev–Trinajstić information content (AvgIpc) is 2.64. The summed E-state index contributed by atoms with van der Waals surface area (Å²) in [5, 5.41) is 6.19. The van der Waals surface area contributed by atoms with E-state index >= 15 is 0 Å². The first-order chi connectivity index (χ1) is 13.7. The lowest BCUT2D eigenvalue weighted by molar-refractivity contribution is -0.138. The van der Waals surface area contributed by atoms with E-state index in [1.54, 1.807) is 0 Å². The van der Waals surface area contributed by atoms with Crippen molar-refractivity contribution in [2.24, 2.45) is 17.3 Å². The first kappa shape index (κ1) is 24.1. The van der Waals surface area contributed by atoms with Crippen LogP contribution in [-0.4, -0.2) is 61.6 Å². The predicted octanol–water partition coefficient (Wildman–Crippen LogP) is 2.96. The third kappa shape index (κ3) is 7.56. The molecule has 2 fully saturated rings. The van der Waals surface area contributed by atoms with E-state index < -0.39 is 6.04 Å². The number of piperidine rings is 1.